The van der Waals surface area contributed by atoms with Crippen LogP contribution in [-0.4, -0.2) is 53.3 Å². The van der Waals surface area contributed by atoms with Gasteiger partial charge in [0.1, 0.15) is 6.04 Å². The van der Waals surface area contributed by atoms with Crippen LogP contribution < -0.4 is 16.4 Å². The minimum Gasteiger partial charge on any atom is -0.381 e. The van der Waals surface area contributed by atoms with Gasteiger partial charge in [0.25, 0.3) is 5.91 Å². The van der Waals surface area contributed by atoms with E-state index >= 15 is 0 Å². The lowest BCUT2D eigenvalue weighted by molar-refractivity contribution is -0.128. The lowest BCUT2D eigenvalue weighted by atomic mass is 9.86. The van der Waals surface area contributed by atoms with E-state index < -0.39 is 29.2 Å². The minimum atomic E-state index is -0.862. The van der Waals surface area contributed by atoms with Crippen molar-refractivity contribution >= 4 is 28.6 Å². The Hall–Kier alpha value is -2.94. The van der Waals surface area contributed by atoms with Gasteiger partial charge in [0.2, 0.25) is 11.8 Å². The number of hydrogen-bond acceptors (Lipinski definition) is 5. The highest BCUT2D eigenvalue weighted by Gasteiger charge is 2.34. The van der Waals surface area contributed by atoms with E-state index in [4.69, 9.17) is 10.5 Å². The van der Waals surface area contributed by atoms with Gasteiger partial charge >= 0.3 is 0 Å². The van der Waals surface area contributed by atoms with Crippen molar-refractivity contribution in [2.24, 2.45) is 17.1 Å². The Morgan fingerprint density at radius 2 is 1.90 bits per heavy atom. The van der Waals surface area contributed by atoms with Gasteiger partial charge < -0.3 is 21.1 Å². The number of carbonyl (C=O) groups excluding carboxylic acids is 3. The molecule has 0 saturated carbocycles. The summed E-state index contributed by atoms with van der Waals surface area (Å²) in [5.41, 5.74) is 5.69. The molecule has 9 nitrogen and oxygen atoms in total. The van der Waals surface area contributed by atoms with Gasteiger partial charge in [-0.1, -0.05) is 39.0 Å². The maximum Gasteiger partial charge on any atom is 0.273 e. The summed E-state index contributed by atoms with van der Waals surface area (Å²) in [5, 5.41) is 10.6. The van der Waals surface area contributed by atoms with Crippen LogP contribution in [0.4, 0.5) is 0 Å². The van der Waals surface area contributed by atoms with Crippen LogP contribution in [0.2, 0.25) is 0 Å². The van der Waals surface area contributed by atoms with Gasteiger partial charge in [0, 0.05) is 25.1 Å². The van der Waals surface area contributed by atoms with Gasteiger partial charge in [-0.15, -0.1) is 0 Å². The average Bonchev–Trinajstić information content (AvgIpc) is 3.08. The number of nitrogens with one attached hydrogen (secondary N) is 2. The number of nitrogens with zero attached hydrogens (tertiary/aromatic N) is 2. The molecular weight excluding hydrogens is 398 g/mol. The summed E-state index contributed by atoms with van der Waals surface area (Å²) in [5.74, 6) is -1.11. The molecule has 3 rings (SSSR count). The van der Waals surface area contributed by atoms with Gasteiger partial charge in [-0.3, -0.25) is 19.1 Å². The van der Waals surface area contributed by atoms with E-state index in [9.17, 15) is 14.4 Å². The zero-order valence-corrected chi connectivity index (χ0v) is 18.3. The van der Waals surface area contributed by atoms with Crippen molar-refractivity contribution in [2.45, 2.75) is 46.2 Å². The van der Waals surface area contributed by atoms with Crippen molar-refractivity contribution in [2.75, 3.05) is 19.8 Å². The lowest BCUT2D eigenvalue weighted by Crippen LogP contribution is -2.54. The number of fused-ring (bicyclic) bond motifs is 1. The molecule has 1 aromatic carbocycles. The Morgan fingerprint density at radius 1 is 1.23 bits per heavy atom. The molecule has 3 amide bonds. The molecule has 168 valence electrons. The first kappa shape index (κ1) is 22.7. The third-order valence-corrected chi connectivity index (χ3v) is 5.49. The van der Waals surface area contributed by atoms with Crippen LogP contribution in [0.5, 0.6) is 0 Å². The van der Waals surface area contributed by atoms with Crippen molar-refractivity contribution in [1.29, 1.82) is 0 Å². The van der Waals surface area contributed by atoms with Crippen LogP contribution in [0.1, 0.15) is 44.1 Å². The number of nitrogens with two attached hydrogens (primary N) is 1. The number of aromatic nitrogens is 2. The Kier molecular flexibility index (Phi) is 6.94. The summed E-state index contributed by atoms with van der Waals surface area (Å²) in [6, 6.07) is 6.72. The average molecular weight is 430 g/mol. The molecule has 1 atom stereocenters. The number of benzene rings is 1. The molecule has 2 aromatic rings. The molecule has 0 bridgehead atoms. The highest BCUT2D eigenvalue weighted by Crippen LogP contribution is 2.24. The molecule has 0 spiro atoms. The van der Waals surface area contributed by atoms with E-state index in [0.717, 1.165) is 37.0 Å². The quantitative estimate of drug-likeness (QED) is 0.609. The predicted octanol–water partition coefficient (Wildman–Crippen LogP) is 1.21. The zero-order chi connectivity index (χ0) is 22.6. The van der Waals surface area contributed by atoms with Gasteiger partial charge in [0.15, 0.2) is 5.69 Å². The molecule has 0 radical (unpaired) electrons. The van der Waals surface area contributed by atoms with Gasteiger partial charge in [-0.25, -0.2) is 0 Å². The largest absolute Gasteiger partial charge is 0.381 e. The fourth-order valence-corrected chi connectivity index (χ4v) is 3.76. The smallest absolute Gasteiger partial charge is 0.273 e. The van der Waals surface area contributed by atoms with Crippen molar-refractivity contribution in [3.63, 3.8) is 0 Å². The number of ether oxygens (including phenoxy) is 1. The molecule has 1 aliphatic heterocycles. The topological polar surface area (TPSA) is 128 Å². The third-order valence-electron chi connectivity index (χ3n) is 5.49. The minimum absolute atomic E-state index is 0.277. The van der Waals surface area contributed by atoms with Gasteiger partial charge in [-0.05, 0) is 30.2 Å². The zero-order valence-electron chi connectivity index (χ0n) is 18.3. The molecular formula is C22H31N5O4. The third kappa shape index (κ3) is 5.61. The van der Waals surface area contributed by atoms with Crippen LogP contribution in [-0.2, 0) is 20.9 Å². The van der Waals surface area contributed by atoms with E-state index in [0.29, 0.717) is 12.5 Å². The first-order valence-electron chi connectivity index (χ1n) is 10.6. The van der Waals surface area contributed by atoms with Crippen LogP contribution in [0, 0.1) is 11.3 Å². The number of carbonyl (C=O) groups is 3. The monoisotopic (exact) mass is 429 g/mol. The molecule has 1 fully saturated rings. The maximum atomic E-state index is 13.2. The Labute approximate surface area is 181 Å². The van der Waals surface area contributed by atoms with Crippen LogP contribution >= 0.6 is 0 Å². The Balaban J connectivity index is 1.84. The molecule has 1 saturated heterocycles. The Bertz CT molecular complexity index is 956. The summed E-state index contributed by atoms with van der Waals surface area (Å²) in [6.45, 7) is 7.41. The fourth-order valence-electron chi connectivity index (χ4n) is 3.76. The first-order valence-corrected chi connectivity index (χ1v) is 10.6. The maximum absolute atomic E-state index is 13.2. The van der Waals surface area contributed by atoms with Crippen molar-refractivity contribution < 1.29 is 19.1 Å². The molecule has 0 aliphatic carbocycles. The summed E-state index contributed by atoms with van der Waals surface area (Å²) >= 11 is 0. The van der Waals surface area contributed by atoms with Gasteiger partial charge in [0.05, 0.1) is 12.1 Å². The van der Waals surface area contributed by atoms with E-state index in [2.05, 4.69) is 15.7 Å². The van der Waals surface area contributed by atoms with Crippen LogP contribution in [0.15, 0.2) is 24.3 Å². The fraction of sp³-hybridized carbons (Fsp3) is 0.545. The Morgan fingerprint density at radius 3 is 2.55 bits per heavy atom. The van der Waals surface area contributed by atoms with Crippen LogP contribution in [0.3, 0.4) is 0 Å². The van der Waals surface area contributed by atoms with Crippen molar-refractivity contribution in [3.8, 4) is 0 Å². The normalized spacial score (nSPS) is 16.1. The number of para-hydroxylation sites is 1. The van der Waals surface area contributed by atoms with E-state index in [1.165, 1.54) is 0 Å². The summed E-state index contributed by atoms with van der Waals surface area (Å²) < 4.78 is 7.31. The second-order valence-corrected chi connectivity index (χ2v) is 9.06. The molecule has 1 aromatic heterocycles. The summed E-state index contributed by atoms with van der Waals surface area (Å²) in [7, 11) is 0. The second-order valence-electron chi connectivity index (χ2n) is 9.06. The molecule has 9 heteroatoms. The lowest BCUT2D eigenvalue weighted by Gasteiger charge is -2.30. The second kappa shape index (κ2) is 9.47. The number of primary amides is 1. The highest BCUT2D eigenvalue weighted by molar-refractivity contribution is 6.06. The van der Waals surface area contributed by atoms with E-state index in [1.54, 1.807) is 0 Å². The summed E-state index contributed by atoms with van der Waals surface area (Å²) in [4.78, 5) is 36.8. The summed E-state index contributed by atoms with van der Waals surface area (Å²) in [6.07, 6.45) is 1.92. The number of amides is 3. The number of rotatable bonds is 7. The van der Waals surface area contributed by atoms with Crippen molar-refractivity contribution in [3.05, 3.63) is 30.0 Å². The molecule has 1 aliphatic rings. The van der Waals surface area contributed by atoms with E-state index in [1.807, 2.05) is 49.7 Å². The molecule has 0 unspecified atom stereocenters. The highest BCUT2D eigenvalue weighted by atomic mass is 16.5. The van der Waals surface area contributed by atoms with E-state index in [-0.39, 0.29) is 12.2 Å². The SMILES string of the molecule is CC(C)(C)[C@H](NC(=O)c1nn(CC2CCOCC2)c2ccccc12)C(=O)NCC(N)=O. The number of hydrogen-bond donors (Lipinski definition) is 3. The molecule has 31 heavy (non-hydrogen) atoms. The van der Waals surface area contributed by atoms with Gasteiger partial charge in [-0.2, -0.15) is 5.10 Å². The predicted molar refractivity (Wildman–Crippen MR) is 116 cm³/mol. The molecule has 4 N–H and O–H groups in total. The standard InChI is InChI=1S/C22H31N5O4/c1-22(2,3)19(21(30)24-12-17(23)28)25-20(29)18-15-6-4-5-7-16(15)27(26-18)13-14-8-10-31-11-9-14/h4-7,14,19H,8-13H2,1-3H3,(H2,23,28)(H,24,30)(H,25,29)/t19-/m1/s1. The van der Waals surface area contributed by atoms with Crippen LogP contribution in [0.25, 0.3) is 10.9 Å². The first-order chi connectivity index (χ1) is 14.7. The molecule has 2 heterocycles. The van der Waals surface area contributed by atoms with Crippen molar-refractivity contribution in [1.82, 2.24) is 20.4 Å².